The van der Waals surface area contributed by atoms with Crippen LogP contribution in [0.3, 0.4) is 0 Å². The Morgan fingerprint density at radius 3 is 2.77 bits per heavy atom. The summed E-state index contributed by atoms with van der Waals surface area (Å²) in [4.78, 5) is 4.11. The number of aryl methyl sites for hydroxylation is 1. The standard InChI is InChI=1S/C9H9N3O/c1-6-5-8(12-13-6)7-3-2-4-9(10)11-7/h2-5H,1H3,(H2,10,11). The second kappa shape index (κ2) is 2.90. The van der Waals surface area contributed by atoms with Gasteiger partial charge in [0.25, 0.3) is 0 Å². The van der Waals surface area contributed by atoms with Gasteiger partial charge in [0, 0.05) is 6.07 Å². The molecule has 0 aliphatic carbocycles. The Bertz CT molecular complexity index is 422. The van der Waals surface area contributed by atoms with Crippen molar-refractivity contribution in [2.75, 3.05) is 5.73 Å². The molecule has 0 saturated carbocycles. The molecular formula is C9H9N3O. The van der Waals surface area contributed by atoms with Crippen LogP contribution < -0.4 is 5.73 Å². The summed E-state index contributed by atoms with van der Waals surface area (Å²) in [6.07, 6.45) is 0. The fourth-order valence-corrected chi connectivity index (χ4v) is 1.08. The molecule has 2 rings (SSSR count). The van der Waals surface area contributed by atoms with E-state index in [-0.39, 0.29) is 0 Å². The number of aromatic nitrogens is 2. The topological polar surface area (TPSA) is 64.9 Å². The van der Waals surface area contributed by atoms with Crippen LogP contribution in [0.5, 0.6) is 0 Å². The van der Waals surface area contributed by atoms with Crippen molar-refractivity contribution in [1.29, 1.82) is 0 Å². The van der Waals surface area contributed by atoms with Crippen molar-refractivity contribution in [2.45, 2.75) is 6.92 Å². The minimum Gasteiger partial charge on any atom is -0.384 e. The summed E-state index contributed by atoms with van der Waals surface area (Å²) in [6.45, 7) is 1.84. The first kappa shape index (κ1) is 7.79. The van der Waals surface area contributed by atoms with E-state index in [4.69, 9.17) is 10.3 Å². The van der Waals surface area contributed by atoms with Crippen LogP contribution in [-0.4, -0.2) is 10.1 Å². The zero-order chi connectivity index (χ0) is 9.26. The van der Waals surface area contributed by atoms with Gasteiger partial charge in [0.1, 0.15) is 17.3 Å². The highest BCUT2D eigenvalue weighted by atomic mass is 16.5. The van der Waals surface area contributed by atoms with Crippen LogP contribution >= 0.6 is 0 Å². The van der Waals surface area contributed by atoms with E-state index in [0.29, 0.717) is 11.5 Å². The average molecular weight is 175 g/mol. The predicted molar refractivity (Wildman–Crippen MR) is 48.9 cm³/mol. The Kier molecular flexibility index (Phi) is 1.73. The van der Waals surface area contributed by atoms with Gasteiger partial charge in [0.15, 0.2) is 0 Å². The number of nitrogens with zero attached hydrogens (tertiary/aromatic N) is 2. The quantitative estimate of drug-likeness (QED) is 0.715. The van der Waals surface area contributed by atoms with Gasteiger partial charge in [-0.2, -0.15) is 0 Å². The van der Waals surface area contributed by atoms with Crippen LogP contribution in [0, 0.1) is 6.92 Å². The molecule has 0 fully saturated rings. The normalized spacial score (nSPS) is 10.2. The van der Waals surface area contributed by atoms with Crippen molar-refractivity contribution in [1.82, 2.24) is 10.1 Å². The Morgan fingerprint density at radius 2 is 2.15 bits per heavy atom. The van der Waals surface area contributed by atoms with E-state index in [0.717, 1.165) is 11.5 Å². The zero-order valence-corrected chi connectivity index (χ0v) is 7.19. The molecule has 4 heteroatoms. The third kappa shape index (κ3) is 1.51. The molecule has 2 heterocycles. The number of hydrogen-bond acceptors (Lipinski definition) is 4. The lowest BCUT2D eigenvalue weighted by Gasteiger charge is -1.94. The molecule has 13 heavy (non-hydrogen) atoms. The van der Waals surface area contributed by atoms with E-state index in [1.54, 1.807) is 6.07 Å². The predicted octanol–water partition coefficient (Wildman–Crippen LogP) is 1.63. The monoisotopic (exact) mass is 175 g/mol. The highest BCUT2D eigenvalue weighted by Crippen LogP contribution is 2.16. The molecule has 4 nitrogen and oxygen atoms in total. The molecule has 0 unspecified atom stereocenters. The van der Waals surface area contributed by atoms with Gasteiger partial charge in [0.05, 0.1) is 5.69 Å². The molecule has 0 atom stereocenters. The molecule has 0 amide bonds. The van der Waals surface area contributed by atoms with Crippen LogP contribution in [-0.2, 0) is 0 Å². The minimum absolute atomic E-state index is 0.484. The number of hydrogen-bond donors (Lipinski definition) is 1. The molecule has 2 N–H and O–H groups in total. The third-order valence-electron chi connectivity index (χ3n) is 1.66. The largest absolute Gasteiger partial charge is 0.384 e. The van der Waals surface area contributed by atoms with Gasteiger partial charge in [-0.15, -0.1) is 0 Å². The number of nitrogens with two attached hydrogens (primary N) is 1. The Balaban J connectivity index is 2.46. The molecule has 66 valence electrons. The van der Waals surface area contributed by atoms with Crippen molar-refractivity contribution in [3.8, 4) is 11.4 Å². The Morgan fingerprint density at radius 1 is 1.31 bits per heavy atom. The average Bonchev–Trinajstić information content (AvgIpc) is 2.52. The fraction of sp³-hybridized carbons (Fsp3) is 0.111. The van der Waals surface area contributed by atoms with Crippen molar-refractivity contribution in [2.24, 2.45) is 0 Å². The van der Waals surface area contributed by atoms with Crippen molar-refractivity contribution >= 4 is 5.82 Å². The molecule has 2 aromatic rings. The van der Waals surface area contributed by atoms with E-state index in [1.165, 1.54) is 0 Å². The molecule has 0 saturated heterocycles. The summed E-state index contributed by atoms with van der Waals surface area (Å²) in [6, 6.07) is 7.23. The SMILES string of the molecule is Cc1cc(-c2cccc(N)n2)no1. The van der Waals surface area contributed by atoms with Gasteiger partial charge in [-0.1, -0.05) is 11.2 Å². The second-order valence-electron chi connectivity index (χ2n) is 2.77. The molecule has 0 spiro atoms. The van der Waals surface area contributed by atoms with Crippen LogP contribution in [0.1, 0.15) is 5.76 Å². The van der Waals surface area contributed by atoms with E-state index in [1.807, 2.05) is 25.1 Å². The first-order valence-electron chi connectivity index (χ1n) is 3.92. The molecule has 0 aliphatic rings. The van der Waals surface area contributed by atoms with Crippen molar-refractivity contribution in [3.63, 3.8) is 0 Å². The molecule has 0 bridgehead atoms. The van der Waals surface area contributed by atoms with E-state index < -0.39 is 0 Å². The van der Waals surface area contributed by atoms with Crippen LogP contribution in [0.2, 0.25) is 0 Å². The highest BCUT2D eigenvalue weighted by molar-refractivity contribution is 5.55. The molecule has 0 radical (unpaired) electrons. The smallest absolute Gasteiger partial charge is 0.134 e. The fourth-order valence-electron chi connectivity index (χ4n) is 1.08. The maximum absolute atomic E-state index is 5.53. The first-order valence-corrected chi connectivity index (χ1v) is 3.92. The second-order valence-corrected chi connectivity index (χ2v) is 2.77. The summed E-state index contributed by atoms with van der Waals surface area (Å²) in [7, 11) is 0. The summed E-state index contributed by atoms with van der Waals surface area (Å²) in [5, 5.41) is 3.83. The lowest BCUT2D eigenvalue weighted by molar-refractivity contribution is 0.399. The molecule has 0 aliphatic heterocycles. The van der Waals surface area contributed by atoms with Gasteiger partial charge in [-0.3, -0.25) is 0 Å². The van der Waals surface area contributed by atoms with Gasteiger partial charge in [-0.25, -0.2) is 4.98 Å². The van der Waals surface area contributed by atoms with Crippen molar-refractivity contribution in [3.05, 3.63) is 30.0 Å². The molecule has 0 aromatic carbocycles. The maximum atomic E-state index is 5.53. The van der Waals surface area contributed by atoms with Crippen LogP contribution in [0.25, 0.3) is 11.4 Å². The van der Waals surface area contributed by atoms with Gasteiger partial charge >= 0.3 is 0 Å². The summed E-state index contributed by atoms with van der Waals surface area (Å²) in [5.74, 6) is 1.25. The number of anilines is 1. The Hall–Kier alpha value is -1.84. The van der Waals surface area contributed by atoms with Gasteiger partial charge < -0.3 is 10.3 Å². The molecule has 2 aromatic heterocycles. The molecular weight excluding hydrogens is 166 g/mol. The van der Waals surface area contributed by atoms with E-state index in [9.17, 15) is 0 Å². The van der Waals surface area contributed by atoms with Gasteiger partial charge in [-0.05, 0) is 19.1 Å². The Labute approximate surface area is 75.4 Å². The zero-order valence-electron chi connectivity index (χ0n) is 7.19. The lowest BCUT2D eigenvalue weighted by Crippen LogP contribution is -1.90. The number of rotatable bonds is 1. The van der Waals surface area contributed by atoms with Gasteiger partial charge in [0.2, 0.25) is 0 Å². The lowest BCUT2D eigenvalue weighted by atomic mass is 10.2. The number of nitrogen functional groups attached to an aromatic ring is 1. The third-order valence-corrected chi connectivity index (χ3v) is 1.66. The summed E-state index contributed by atoms with van der Waals surface area (Å²) in [5.41, 5.74) is 6.98. The highest BCUT2D eigenvalue weighted by Gasteiger charge is 2.04. The van der Waals surface area contributed by atoms with E-state index >= 15 is 0 Å². The summed E-state index contributed by atoms with van der Waals surface area (Å²) < 4.78 is 4.93. The summed E-state index contributed by atoms with van der Waals surface area (Å²) >= 11 is 0. The maximum Gasteiger partial charge on any atom is 0.134 e. The minimum atomic E-state index is 0.484. The van der Waals surface area contributed by atoms with Crippen LogP contribution in [0.4, 0.5) is 5.82 Å². The first-order chi connectivity index (χ1) is 6.25. The number of pyridine rings is 1. The van der Waals surface area contributed by atoms with Crippen molar-refractivity contribution < 1.29 is 4.52 Å². The van der Waals surface area contributed by atoms with E-state index in [2.05, 4.69) is 10.1 Å². The van der Waals surface area contributed by atoms with Crippen LogP contribution in [0.15, 0.2) is 28.8 Å².